The third-order valence-corrected chi connectivity index (χ3v) is 3.84. The molecule has 1 unspecified atom stereocenters. The Morgan fingerprint density at radius 3 is 3.00 bits per heavy atom. The molecule has 0 saturated carbocycles. The fraction of sp³-hybridized carbons (Fsp3) is 0.375. The van der Waals surface area contributed by atoms with Crippen LogP contribution in [0.25, 0.3) is 0 Å². The maximum absolute atomic E-state index is 12.8. The van der Waals surface area contributed by atoms with Gasteiger partial charge < -0.3 is 14.6 Å². The molecule has 1 N–H and O–H groups in total. The lowest BCUT2D eigenvalue weighted by Crippen LogP contribution is -2.48. The van der Waals surface area contributed by atoms with E-state index >= 15 is 0 Å². The van der Waals surface area contributed by atoms with Crippen molar-refractivity contribution in [2.75, 3.05) is 19.6 Å². The van der Waals surface area contributed by atoms with Gasteiger partial charge in [0, 0.05) is 32.0 Å². The number of aryl methyl sites for hydroxylation is 2. The third kappa shape index (κ3) is 2.69. The molecule has 1 amide bonds. The van der Waals surface area contributed by atoms with Crippen molar-refractivity contribution >= 4 is 5.91 Å². The molecule has 0 spiro atoms. The van der Waals surface area contributed by atoms with E-state index in [4.69, 9.17) is 4.42 Å². The largest absolute Gasteiger partial charge is 0.466 e. The van der Waals surface area contributed by atoms with Crippen molar-refractivity contribution in [3.63, 3.8) is 0 Å². The molecule has 1 fully saturated rings. The van der Waals surface area contributed by atoms with Crippen LogP contribution in [-0.2, 0) is 0 Å². The van der Waals surface area contributed by atoms with Gasteiger partial charge in [-0.25, -0.2) is 0 Å². The second kappa shape index (κ2) is 5.69. The smallest absolute Gasteiger partial charge is 0.258 e. The summed E-state index contributed by atoms with van der Waals surface area (Å²) >= 11 is 0. The van der Waals surface area contributed by atoms with Crippen LogP contribution in [-0.4, -0.2) is 35.4 Å². The van der Waals surface area contributed by atoms with Gasteiger partial charge in [0.2, 0.25) is 0 Å². The molecule has 0 aromatic carbocycles. The molecule has 110 valence electrons. The first-order valence-corrected chi connectivity index (χ1v) is 7.15. The van der Waals surface area contributed by atoms with E-state index in [0.717, 1.165) is 24.4 Å². The molecule has 1 aliphatic rings. The van der Waals surface area contributed by atoms with E-state index in [0.29, 0.717) is 17.9 Å². The second-order valence-corrected chi connectivity index (χ2v) is 5.33. The van der Waals surface area contributed by atoms with E-state index in [-0.39, 0.29) is 11.9 Å². The van der Waals surface area contributed by atoms with Gasteiger partial charge in [0.15, 0.2) is 0 Å². The van der Waals surface area contributed by atoms with Crippen molar-refractivity contribution in [3.05, 3.63) is 53.2 Å². The summed E-state index contributed by atoms with van der Waals surface area (Å²) in [7, 11) is 0. The van der Waals surface area contributed by atoms with Crippen molar-refractivity contribution in [3.8, 4) is 0 Å². The van der Waals surface area contributed by atoms with Gasteiger partial charge in [-0.2, -0.15) is 0 Å². The second-order valence-electron chi connectivity index (χ2n) is 5.33. The molecule has 1 atom stereocenters. The van der Waals surface area contributed by atoms with Crippen LogP contribution in [0.1, 0.15) is 33.5 Å². The van der Waals surface area contributed by atoms with Crippen LogP contribution in [0.4, 0.5) is 0 Å². The molecule has 3 heterocycles. The summed E-state index contributed by atoms with van der Waals surface area (Å²) in [6.45, 7) is 5.93. The molecule has 2 aromatic heterocycles. The Hall–Kier alpha value is -2.14. The minimum absolute atomic E-state index is 0.00885. The standard InChI is InChI=1S/C16H19N3O2/c1-11-8-14(12(2)21-11)16(20)19-7-6-18-10-15(19)13-4-3-5-17-9-13/h3-5,8-9,15,18H,6-7,10H2,1-2H3. The van der Waals surface area contributed by atoms with Crippen molar-refractivity contribution in [2.45, 2.75) is 19.9 Å². The molecule has 5 nitrogen and oxygen atoms in total. The number of nitrogens with one attached hydrogen (secondary N) is 1. The summed E-state index contributed by atoms with van der Waals surface area (Å²) in [5.74, 6) is 1.48. The molecule has 1 aliphatic heterocycles. The Morgan fingerprint density at radius 2 is 2.33 bits per heavy atom. The monoisotopic (exact) mass is 285 g/mol. The summed E-state index contributed by atoms with van der Waals surface area (Å²) in [4.78, 5) is 18.9. The Morgan fingerprint density at radius 1 is 1.48 bits per heavy atom. The number of nitrogens with zero attached hydrogens (tertiary/aromatic N) is 2. The number of hydrogen-bond acceptors (Lipinski definition) is 4. The number of carbonyl (C=O) groups is 1. The molecule has 2 aromatic rings. The number of carbonyl (C=O) groups excluding carboxylic acids is 1. The molecule has 5 heteroatoms. The summed E-state index contributed by atoms with van der Waals surface area (Å²) in [6.07, 6.45) is 3.57. The summed E-state index contributed by atoms with van der Waals surface area (Å²) in [5, 5.41) is 3.34. The summed E-state index contributed by atoms with van der Waals surface area (Å²) in [5.41, 5.74) is 1.71. The van der Waals surface area contributed by atoms with Crippen LogP contribution in [0.3, 0.4) is 0 Å². The van der Waals surface area contributed by atoms with Crippen molar-refractivity contribution in [1.29, 1.82) is 0 Å². The van der Waals surface area contributed by atoms with Gasteiger partial charge in [-0.15, -0.1) is 0 Å². The van der Waals surface area contributed by atoms with E-state index in [1.54, 1.807) is 6.20 Å². The summed E-state index contributed by atoms with van der Waals surface area (Å²) < 4.78 is 5.49. The van der Waals surface area contributed by atoms with Gasteiger partial charge in [0.05, 0.1) is 11.6 Å². The number of pyridine rings is 1. The molecule has 3 rings (SSSR count). The minimum atomic E-state index is 0.00885. The first-order chi connectivity index (χ1) is 10.2. The molecule has 0 aliphatic carbocycles. The fourth-order valence-corrected chi connectivity index (χ4v) is 2.82. The van der Waals surface area contributed by atoms with Gasteiger partial charge in [-0.1, -0.05) is 6.07 Å². The number of hydrogen-bond donors (Lipinski definition) is 1. The van der Waals surface area contributed by atoms with Crippen LogP contribution >= 0.6 is 0 Å². The van der Waals surface area contributed by atoms with Crippen molar-refractivity contribution < 1.29 is 9.21 Å². The van der Waals surface area contributed by atoms with E-state index in [1.807, 2.05) is 43.1 Å². The predicted octanol–water partition coefficient (Wildman–Crippen LogP) is 2.08. The quantitative estimate of drug-likeness (QED) is 0.918. The van der Waals surface area contributed by atoms with E-state index in [2.05, 4.69) is 10.3 Å². The molecule has 1 saturated heterocycles. The first kappa shape index (κ1) is 13.8. The fourth-order valence-electron chi connectivity index (χ4n) is 2.82. The molecule has 0 bridgehead atoms. The number of aromatic nitrogens is 1. The minimum Gasteiger partial charge on any atom is -0.466 e. The van der Waals surface area contributed by atoms with Gasteiger partial charge in [0.1, 0.15) is 11.5 Å². The number of furan rings is 1. The van der Waals surface area contributed by atoms with Gasteiger partial charge in [-0.3, -0.25) is 9.78 Å². The lowest BCUT2D eigenvalue weighted by atomic mass is 10.0. The van der Waals surface area contributed by atoms with Crippen LogP contribution < -0.4 is 5.32 Å². The zero-order valence-electron chi connectivity index (χ0n) is 12.3. The highest BCUT2D eigenvalue weighted by molar-refractivity contribution is 5.95. The third-order valence-electron chi connectivity index (χ3n) is 3.84. The van der Waals surface area contributed by atoms with Crippen LogP contribution in [0.5, 0.6) is 0 Å². The predicted molar refractivity (Wildman–Crippen MR) is 79.1 cm³/mol. The Labute approximate surface area is 124 Å². The zero-order valence-corrected chi connectivity index (χ0v) is 12.3. The number of piperazine rings is 1. The normalized spacial score (nSPS) is 18.8. The molecular weight excluding hydrogens is 266 g/mol. The Kier molecular flexibility index (Phi) is 3.75. The van der Waals surface area contributed by atoms with E-state index in [9.17, 15) is 4.79 Å². The van der Waals surface area contributed by atoms with Crippen LogP contribution in [0.2, 0.25) is 0 Å². The van der Waals surface area contributed by atoms with Crippen molar-refractivity contribution in [2.24, 2.45) is 0 Å². The zero-order chi connectivity index (χ0) is 14.8. The van der Waals surface area contributed by atoms with Gasteiger partial charge >= 0.3 is 0 Å². The van der Waals surface area contributed by atoms with Gasteiger partial charge in [0.25, 0.3) is 5.91 Å². The number of amides is 1. The van der Waals surface area contributed by atoms with E-state index < -0.39 is 0 Å². The Balaban J connectivity index is 1.91. The maximum atomic E-state index is 12.8. The van der Waals surface area contributed by atoms with Crippen molar-refractivity contribution in [1.82, 2.24) is 15.2 Å². The number of rotatable bonds is 2. The topological polar surface area (TPSA) is 58.4 Å². The lowest BCUT2D eigenvalue weighted by Gasteiger charge is -2.36. The highest BCUT2D eigenvalue weighted by Crippen LogP contribution is 2.25. The molecule has 21 heavy (non-hydrogen) atoms. The SMILES string of the molecule is Cc1cc(C(=O)N2CCNCC2c2cccnc2)c(C)o1. The highest BCUT2D eigenvalue weighted by atomic mass is 16.3. The van der Waals surface area contributed by atoms with Crippen LogP contribution in [0.15, 0.2) is 35.0 Å². The molecular formula is C16H19N3O2. The summed E-state index contributed by atoms with van der Waals surface area (Å²) in [6, 6.07) is 5.74. The molecule has 0 radical (unpaired) electrons. The average molecular weight is 285 g/mol. The van der Waals surface area contributed by atoms with Gasteiger partial charge in [-0.05, 0) is 31.5 Å². The van der Waals surface area contributed by atoms with E-state index in [1.165, 1.54) is 0 Å². The highest BCUT2D eigenvalue weighted by Gasteiger charge is 2.30. The first-order valence-electron chi connectivity index (χ1n) is 7.15. The maximum Gasteiger partial charge on any atom is 0.258 e. The lowest BCUT2D eigenvalue weighted by molar-refractivity contribution is 0.0632. The van der Waals surface area contributed by atoms with Crippen LogP contribution in [0, 0.1) is 13.8 Å². The Bertz CT molecular complexity index is 636. The average Bonchev–Trinajstić information content (AvgIpc) is 2.86.